The van der Waals surface area contributed by atoms with Gasteiger partial charge in [-0.15, -0.1) is 0 Å². The minimum atomic E-state index is -0.318. The van der Waals surface area contributed by atoms with Crippen molar-refractivity contribution in [3.63, 3.8) is 0 Å². The molecule has 0 bridgehead atoms. The van der Waals surface area contributed by atoms with Crippen molar-refractivity contribution in [1.82, 2.24) is 15.5 Å². The summed E-state index contributed by atoms with van der Waals surface area (Å²) >= 11 is 0. The van der Waals surface area contributed by atoms with Crippen LogP contribution in [-0.4, -0.2) is 53.9 Å². The fraction of sp³-hybridized carbons (Fsp3) is 0.941. The molecule has 1 saturated carbocycles. The van der Waals surface area contributed by atoms with Crippen LogP contribution in [0.1, 0.15) is 58.8 Å². The summed E-state index contributed by atoms with van der Waals surface area (Å²) in [5.41, 5.74) is -0.318. The van der Waals surface area contributed by atoms with Crippen LogP contribution in [0, 0.1) is 5.92 Å². The maximum atomic E-state index is 12.2. The fourth-order valence-electron chi connectivity index (χ4n) is 3.74. The van der Waals surface area contributed by atoms with Gasteiger partial charge in [0, 0.05) is 37.8 Å². The van der Waals surface area contributed by atoms with Crippen molar-refractivity contribution >= 4 is 6.03 Å². The van der Waals surface area contributed by atoms with Crippen molar-refractivity contribution in [3.8, 4) is 0 Å². The van der Waals surface area contributed by atoms with E-state index in [0.29, 0.717) is 6.42 Å². The molecule has 0 aromatic carbocycles. The molecule has 5 nitrogen and oxygen atoms in total. The first-order valence-corrected chi connectivity index (χ1v) is 8.96. The highest BCUT2D eigenvalue weighted by Crippen LogP contribution is 2.26. The highest BCUT2D eigenvalue weighted by atomic mass is 16.3. The van der Waals surface area contributed by atoms with E-state index < -0.39 is 0 Å². The molecule has 1 saturated heterocycles. The van der Waals surface area contributed by atoms with Crippen molar-refractivity contribution in [2.75, 3.05) is 26.2 Å². The molecule has 2 fully saturated rings. The van der Waals surface area contributed by atoms with Gasteiger partial charge in [-0.3, -0.25) is 0 Å². The Morgan fingerprint density at radius 1 is 1.32 bits per heavy atom. The lowest BCUT2D eigenvalue weighted by Gasteiger charge is -2.29. The molecule has 128 valence electrons. The summed E-state index contributed by atoms with van der Waals surface area (Å²) in [5, 5.41) is 15.3. The first kappa shape index (κ1) is 17.5. The fourth-order valence-corrected chi connectivity index (χ4v) is 3.74. The van der Waals surface area contributed by atoms with E-state index in [1.165, 1.54) is 32.2 Å². The smallest absolute Gasteiger partial charge is 0.315 e. The molecule has 5 heteroatoms. The summed E-state index contributed by atoms with van der Waals surface area (Å²) in [6.07, 6.45) is 8.00. The Hall–Kier alpha value is -0.810. The number of nitrogens with zero attached hydrogens (tertiary/aromatic N) is 1. The maximum absolute atomic E-state index is 12.2. The van der Waals surface area contributed by atoms with Crippen LogP contribution in [0.2, 0.25) is 0 Å². The van der Waals surface area contributed by atoms with Gasteiger partial charge in [0.1, 0.15) is 0 Å². The summed E-state index contributed by atoms with van der Waals surface area (Å²) in [6.45, 7) is 7.41. The topological polar surface area (TPSA) is 64.6 Å². The van der Waals surface area contributed by atoms with Gasteiger partial charge in [-0.05, 0) is 44.9 Å². The van der Waals surface area contributed by atoms with Crippen LogP contribution in [0.5, 0.6) is 0 Å². The maximum Gasteiger partial charge on any atom is 0.315 e. The predicted molar refractivity (Wildman–Crippen MR) is 88.9 cm³/mol. The predicted octanol–water partition coefficient (Wildman–Crippen LogP) is 2.10. The Kier molecular flexibility index (Phi) is 6.50. The average molecular weight is 311 g/mol. The van der Waals surface area contributed by atoms with Gasteiger partial charge in [0.15, 0.2) is 0 Å². The number of aliphatic hydroxyl groups excluding tert-OH is 1. The standard InChI is InChI=1S/C17H33N3O2/c1-3-17(2,9-11-21)19-16(22)18-15-8-10-20(13-15)12-14-6-4-5-7-14/h14-15,21H,3-13H2,1-2H3,(H2,18,19,22). The molecule has 0 aromatic rings. The number of hydrogen-bond acceptors (Lipinski definition) is 3. The average Bonchev–Trinajstić information content (AvgIpc) is 3.11. The number of hydrogen-bond donors (Lipinski definition) is 3. The van der Waals surface area contributed by atoms with Crippen LogP contribution < -0.4 is 10.6 Å². The van der Waals surface area contributed by atoms with Gasteiger partial charge in [-0.2, -0.15) is 0 Å². The third kappa shape index (κ3) is 5.13. The number of nitrogens with one attached hydrogen (secondary N) is 2. The van der Waals surface area contributed by atoms with Crippen LogP contribution in [0.3, 0.4) is 0 Å². The summed E-state index contributed by atoms with van der Waals surface area (Å²) in [4.78, 5) is 14.7. The van der Waals surface area contributed by atoms with Crippen LogP contribution in [0.15, 0.2) is 0 Å². The van der Waals surface area contributed by atoms with Gasteiger partial charge < -0.3 is 20.6 Å². The molecule has 2 aliphatic rings. The molecule has 0 radical (unpaired) electrons. The zero-order chi connectivity index (χ0) is 16.0. The second kappa shape index (κ2) is 8.16. The first-order chi connectivity index (χ1) is 10.5. The molecular formula is C17H33N3O2. The Balaban J connectivity index is 1.71. The van der Waals surface area contributed by atoms with Crippen molar-refractivity contribution in [1.29, 1.82) is 0 Å². The molecule has 1 heterocycles. The Labute approximate surface area is 134 Å². The van der Waals surface area contributed by atoms with Gasteiger partial charge in [0.05, 0.1) is 0 Å². The van der Waals surface area contributed by atoms with E-state index in [0.717, 1.165) is 31.8 Å². The Morgan fingerprint density at radius 3 is 2.68 bits per heavy atom. The monoisotopic (exact) mass is 311 g/mol. The molecule has 1 aliphatic carbocycles. The lowest BCUT2D eigenvalue weighted by atomic mass is 9.95. The third-order valence-corrected chi connectivity index (χ3v) is 5.46. The molecular weight excluding hydrogens is 278 g/mol. The summed E-state index contributed by atoms with van der Waals surface area (Å²) in [7, 11) is 0. The Morgan fingerprint density at radius 2 is 2.05 bits per heavy atom. The van der Waals surface area contributed by atoms with Crippen LogP contribution in [-0.2, 0) is 0 Å². The van der Waals surface area contributed by atoms with Crippen molar-refractivity contribution in [2.45, 2.75) is 70.4 Å². The largest absolute Gasteiger partial charge is 0.396 e. The minimum Gasteiger partial charge on any atom is -0.396 e. The first-order valence-electron chi connectivity index (χ1n) is 8.96. The number of aliphatic hydroxyl groups is 1. The van der Waals surface area contributed by atoms with Crippen molar-refractivity contribution in [2.24, 2.45) is 5.92 Å². The van der Waals surface area contributed by atoms with E-state index >= 15 is 0 Å². The van der Waals surface area contributed by atoms with Gasteiger partial charge in [-0.1, -0.05) is 19.8 Å². The third-order valence-electron chi connectivity index (χ3n) is 5.46. The molecule has 0 spiro atoms. The quantitative estimate of drug-likeness (QED) is 0.674. The highest BCUT2D eigenvalue weighted by Gasteiger charge is 2.29. The van der Waals surface area contributed by atoms with Gasteiger partial charge >= 0.3 is 6.03 Å². The molecule has 1 aliphatic heterocycles. The summed E-state index contributed by atoms with van der Waals surface area (Å²) < 4.78 is 0. The van der Waals surface area contributed by atoms with Crippen LogP contribution in [0.4, 0.5) is 4.79 Å². The van der Waals surface area contributed by atoms with Crippen molar-refractivity contribution < 1.29 is 9.90 Å². The molecule has 2 rings (SSSR count). The number of likely N-dealkylation sites (tertiary alicyclic amines) is 1. The lowest BCUT2D eigenvalue weighted by Crippen LogP contribution is -2.53. The number of carbonyl (C=O) groups is 1. The number of rotatable bonds is 7. The van der Waals surface area contributed by atoms with E-state index in [-0.39, 0.29) is 24.2 Å². The van der Waals surface area contributed by atoms with E-state index in [1.807, 2.05) is 13.8 Å². The number of carbonyl (C=O) groups excluding carboxylic acids is 1. The zero-order valence-corrected chi connectivity index (χ0v) is 14.2. The minimum absolute atomic E-state index is 0.0921. The van der Waals surface area contributed by atoms with E-state index in [1.54, 1.807) is 0 Å². The molecule has 2 unspecified atom stereocenters. The second-order valence-electron chi connectivity index (χ2n) is 7.38. The van der Waals surface area contributed by atoms with Crippen LogP contribution >= 0.6 is 0 Å². The zero-order valence-electron chi connectivity index (χ0n) is 14.2. The molecule has 0 aromatic heterocycles. The van der Waals surface area contributed by atoms with E-state index in [4.69, 9.17) is 5.11 Å². The lowest BCUT2D eigenvalue weighted by molar-refractivity contribution is 0.198. The molecule has 22 heavy (non-hydrogen) atoms. The number of urea groups is 1. The summed E-state index contributed by atoms with van der Waals surface area (Å²) in [6, 6.07) is 0.169. The van der Waals surface area contributed by atoms with Gasteiger partial charge in [0.2, 0.25) is 0 Å². The number of amides is 2. The highest BCUT2D eigenvalue weighted by molar-refractivity contribution is 5.75. The van der Waals surface area contributed by atoms with Gasteiger partial charge in [0.25, 0.3) is 0 Å². The second-order valence-corrected chi connectivity index (χ2v) is 7.38. The summed E-state index contributed by atoms with van der Waals surface area (Å²) in [5.74, 6) is 0.875. The van der Waals surface area contributed by atoms with E-state index in [9.17, 15) is 4.79 Å². The Bertz CT molecular complexity index is 358. The molecule has 2 amide bonds. The molecule has 2 atom stereocenters. The van der Waals surface area contributed by atoms with Crippen LogP contribution in [0.25, 0.3) is 0 Å². The van der Waals surface area contributed by atoms with E-state index in [2.05, 4.69) is 15.5 Å². The van der Waals surface area contributed by atoms with Gasteiger partial charge in [-0.25, -0.2) is 4.79 Å². The normalized spacial score (nSPS) is 26.0. The van der Waals surface area contributed by atoms with Crippen molar-refractivity contribution in [3.05, 3.63) is 0 Å². The molecule has 3 N–H and O–H groups in total. The SMILES string of the molecule is CCC(C)(CCO)NC(=O)NC1CCN(CC2CCCC2)C1.